The largest absolute Gasteiger partial charge is 0.361 e. The Balaban J connectivity index is 2.06. The molecule has 1 heterocycles. The van der Waals surface area contributed by atoms with Crippen LogP contribution in [-0.4, -0.2) is 21.7 Å². The highest BCUT2D eigenvalue weighted by molar-refractivity contribution is 7.99. The van der Waals surface area contributed by atoms with Gasteiger partial charge in [-0.15, -0.1) is 11.8 Å². The third kappa shape index (κ3) is 5.60. The molecule has 0 fully saturated rings. The minimum absolute atomic E-state index is 0.0429. The number of amides is 1. The van der Waals surface area contributed by atoms with E-state index in [1.807, 2.05) is 0 Å². The van der Waals surface area contributed by atoms with Gasteiger partial charge in [0.25, 0.3) is 11.6 Å². The van der Waals surface area contributed by atoms with Crippen LogP contribution in [0.3, 0.4) is 0 Å². The molecule has 0 saturated heterocycles. The molecule has 1 aromatic heterocycles. The van der Waals surface area contributed by atoms with Crippen molar-refractivity contribution in [3.63, 3.8) is 0 Å². The van der Waals surface area contributed by atoms with E-state index in [1.165, 1.54) is 17.8 Å². The van der Waals surface area contributed by atoms with Gasteiger partial charge in [-0.05, 0) is 37.1 Å². The molecule has 25 heavy (non-hydrogen) atoms. The minimum atomic E-state index is -0.449. The van der Waals surface area contributed by atoms with Crippen molar-refractivity contribution in [3.05, 3.63) is 51.4 Å². The summed E-state index contributed by atoms with van der Waals surface area (Å²) in [7, 11) is 0. The molecule has 0 atom stereocenters. The zero-order valence-electron chi connectivity index (χ0n) is 14.4. The lowest BCUT2D eigenvalue weighted by atomic mass is 10.2. The number of thioether (sulfide) groups is 1. The molecule has 0 aliphatic heterocycles. The molecule has 0 aliphatic rings. The number of aryl methyl sites for hydroxylation is 1. The second-order valence-corrected chi connectivity index (χ2v) is 7.22. The number of carbonyl (C=O) groups is 1. The van der Waals surface area contributed by atoms with Crippen molar-refractivity contribution >= 4 is 23.4 Å². The van der Waals surface area contributed by atoms with Gasteiger partial charge < -0.3 is 9.84 Å². The van der Waals surface area contributed by atoms with E-state index >= 15 is 0 Å². The molecule has 2 rings (SSSR count). The first-order chi connectivity index (χ1) is 11.9. The van der Waals surface area contributed by atoms with Crippen molar-refractivity contribution in [2.24, 2.45) is 5.92 Å². The van der Waals surface area contributed by atoms with Crippen LogP contribution in [0.5, 0.6) is 0 Å². The van der Waals surface area contributed by atoms with Crippen LogP contribution in [0.15, 0.2) is 33.7 Å². The van der Waals surface area contributed by atoms with Crippen molar-refractivity contribution in [2.45, 2.75) is 38.6 Å². The van der Waals surface area contributed by atoms with Crippen LogP contribution in [0.1, 0.15) is 42.1 Å². The quantitative estimate of drug-likeness (QED) is 0.433. The molecule has 1 N–H and O–H groups in total. The number of benzene rings is 1. The highest BCUT2D eigenvalue weighted by Gasteiger charge is 2.18. The zero-order chi connectivity index (χ0) is 18.4. The number of nitrogens with zero attached hydrogens (tertiary/aromatic N) is 2. The van der Waals surface area contributed by atoms with Crippen LogP contribution in [0.2, 0.25) is 0 Å². The van der Waals surface area contributed by atoms with Crippen molar-refractivity contribution in [1.82, 2.24) is 10.5 Å². The Bertz CT molecular complexity index is 758. The number of carbonyl (C=O) groups excluding carboxylic acids is 1. The molecular formula is C17H21N3O4S. The fourth-order valence-corrected chi connectivity index (χ4v) is 3.36. The van der Waals surface area contributed by atoms with Gasteiger partial charge >= 0.3 is 0 Å². The molecule has 0 spiro atoms. The van der Waals surface area contributed by atoms with Gasteiger partial charge in [0.2, 0.25) is 0 Å². The first kappa shape index (κ1) is 19.0. The van der Waals surface area contributed by atoms with E-state index in [4.69, 9.17) is 4.52 Å². The van der Waals surface area contributed by atoms with Gasteiger partial charge in [-0.3, -0.25) is 14.9 Å². The summed E-state index contributed by atoms with van der Waals surface area (Å²) in [6, 6.07) is 6.28. The van der Waals surface area contributed by atoms with Crippen molar-refractivity contribution in [2.75, 3.05) is 5.75 Å². The van der Waals surface area contributed by atoms with E-state index in [1.54, 1.807) is 25.1 Å². The predicted octanol–water partition coefficient (Wildman–Crippen LogP) is 3.96. The maximum atomic E-state index is 12.2. The normalized spacial score (nSPS) is 10.9. The van der Waals surface area contributed by atoms with Crippen LogP contribution in [0.4, 0.5) is 5.69 Å². The first-order valence-electron chi connectivity index (χ1n) is 7.98. The molecule has 0 radical (unpaired) electrons. The summed E-state index contributed by atoms with van der Waals surface area (Å²) in [4.78, 5) is 23.7. The summed E-state index contributed by atoms with van der Waals surface area (Å²) in [5, 5.41) is 17.8. The van der Waals surface area contributed by atoms with Crippen LogP contribution >= 0.6 is 11.8 Å². The Labute approximate surface area is 150 Å². The first-order valence-corrected chi connectivity index (χ1v) is 8.97. The van der Waals surface area contributed by atoms with Crippen LogP contribution < -0.4 is 5.32 Å². The summed E-state index contributed by atoms with van der Waals surface area (Å²) in [5.74, 6) is 1.61. The average Bonchev–Trinajstić information content (AvgIpc) is 2.97. The Kier molecular flexibility index (Phi) is 6.58. The zero-order valence-corrected chi connectivity index (χ0v) is 15.3. The molecule has 1 aromatic carbocycles. The van der Waals surface area contributed by atoms with E-state index in [0.717, 1.165) is 12.2 Å². The van der Waals surface area contributed by atoms with Gasteiger partial charge in [-0.1, -0.05) is 19.0 Å². The lowest BCUT2D eigenvalue weighted by molar-refractivity contribution is -0.387. The summed E-state index contributed by atoms with van der Waals surface area (Å²) < 4.78 is 4.93. The molecule has 0 saturated carbocycles. The highest BCUT2D eigenvalue weighted by atomic mass is 32.2. The van der Waals surface area contributed by atoms with E-state index in [2.05, 4.69) is 24.3 Å². The van der Waals surface area contributed by atoms with Gasteiger partial charge in [0, 0.05) is 17.7 Å². The number of nitrogens with one attached hydrogen (secondary N) is 1. The van der Waals surface area contributed by atoms with Gasteiger partial charge in [-0.2, -0.15) is 0 Å². The Morgan fingerprint density at radius 3 is 2.76 bits per heavy atom. The fourth-order valence-electron chi connectivity index (χ4n) is 2.10. The van der Waals surface area contributed by atoms with Gasteiger partial charge in [0.1, 0.15) is 11.5 Å². The Morgan fingerprint density at radius 2 is 2.16 bits per heavy atom. The third-order valence-corrected chi connectivity index (χ3v) is 4.57. The summed E-state index contributed by atoms with van der Waals surface area (Å²) in [5.41, 5.74) is 0.806. The number of aromatic nitrogens is 1. The van der Waals surface area contributed by atoms with Crippen LogP contribution in [-0.2, 0) is 6.54 Å². The van der Waals surface area contributed by atoms with Crippen molar-refractivity contribution in [3.8, 4) is 0 Å². The number of nitro benzene ring substituents is 1. The molecule has 1 amide bonds. The predicted molar refractivity (Wildman–Crippen MR) is 95.7 cm³/mol. The monoisotopic (exact) mass is 363 g/mol. The lowest BCUT2D eigenvalue weighted by Gasteiger charge is -2.07. The van der Waals surface area contributed by atoms with Gasteiger partial charge in [0.05, 0.1) is 16.4 Å². The SMILES string of the molecule is Cc1cc(CNC(=O)c2ccc(SCCC(C)C)c([N+](=O)[O-])c2)no1. The smallest absolute Gasteiger partial charge is 0.283 e. The molecule has 2 aromatic rings. The van der Waals surface area contributed by atoms with E-state index in [0.29, 0.717) is 22.3 Å². The second-order valence-electron chi connectivity index (χ2n) is 6.08. The maximum absolute atomic E-state index is 12.2. The number of rotatable bonds is 8. The molecule has 134 valence electrons. The Hall–Kier alpha value is -2.35. The number of hydrogen-bond donors (Lipinski definition) is 1. The highest BCUT2D eigenvalue weighted by Crippen LogP contribution is 2.31. The molecule has 8 heteroatoms. The van der Waals surface area contributed by atoms with E-state index in [9.17, 15) is 14.9 Å². The average molecular weight is 363 g/mol. The minimum Gasteiger partial charge on any atom is -0.361 e. The maximum Gasteiger partial charge on any atom is 0.283 e. The van der Waals surface area contributed by atoms with E-state index < -0.39 is 4.92 Å². The fraction of sp³-hybridized carbons (Fsp3) is 0.412. The van der Waals surface area contributed by atoms with Gasteiger partial charge in [-0.25, -0.2) is 0 Å². The van der Waals surface area contributed by atoms with E-state index in [-0.39, 0.29) is 23.7 Å². The Morgan fingerprint density at radius 1 is 1.40 bits per heavy atom. The lowest BCUT2D eigenvalue weighted by Crippen LogP contribution is -2.23. The molecular weight excluding hydrogens is 342 g/mol. The molecule has 7 nitrogen and oxygen atoms in total. The van der Waals surface area contributed by atoms with Crippen LogP contribution in [0.25, 0.3) is 0 Å². The van der Waals surface area contributed by atoms with Crippen molar-refractivity contribution in [1.29, 1.82) is 0 Å². The van der Waals surface area contributed by atoms with Crippen molar-refractivity contribution < 1.29 is 14.2 Å². The molecule has 0 bridgehead atoms. The second kappa shape index (κ2) is 8.66. The van der Waals surface area contributed by atoms with Gasteiger partial charge in [0.15, 0.2) is 0 Å². The summed E-state index contributed by atoms with van der Waals surface area (Å²) in [6.45, 7) is 6.18. The summed E-state index contributed by atoms with van der Waals surface area (Å²) in [6.07, 6.45) is 0.973. The number of nitro groups is 1. The van der Waals surface area contributed by atoms with Crippen LogP contribution in [0, 0.1) is 23.0 Å². The molecule has 0 aliphatic carbocycles. The number of hydrogen-bond acceptors (Lipinski definition) is 6. The standard InChI is InChI=1S/C17H21N3O4S/c1-11(2)6-7-25-16-5-4-13(9-15(16)20(22)23)17(21)18-10-14-8-12(3)24-19-14/h4-5,8-9,11H,6-7,10H2,1-3H3,(H,18,21). The summed E-state index contributed by atoms with van der Waals surface area (Å²) >= 11 is 1.44. The third-order valence-electron chi connectivity index (χ3n) is 3.48. The topological polar surface area (TPSA) is 98.3 Å². The molecule has 0 unspecified atom stereocenters.